The zero-order valence-electron chi connectivity index (χ0n) is 18.6. The zero-order valence-corrected chi connectivity index (χ0v) is 19.4. The number of rotatable bonds is 4. The van der Waals surface area contributed by atoms with Gasteiger partial charge in [0.15, 0.2) is 15.6 Å². The van der Waals surface area contributed by atoms with Gasteiger partial charge in [0, 0.05) is 18.2 Å². The summed E-state index contributed by atoms with van der Waals surface area (Å²) >= 11 is 0. The van der Waals surface area contributed by atoms with Crippen molar-refractivity contribution in [3.05, 3.63) is 64.7 Å². The van der Waals surface area contributed by atoms with E-state index in [1.54, 1.807) is 38.2 Å². The molecule has 0 radical (unpaired) electrons. The minimum atomic E-state index is -3.57. The number of nitrogens with two attached hydrogens (primary N) is 1. The second-order valence-electron chi connectivity index (χ2n) is 8.49. The normalized spacial score (nSPS) is 24.9. The van der Waals surface area contributed by atoms with Crippen molar-refractivity contribution in [1.82, 2.24) is 4.98 Å². The quantitative estimate of drug-likeness (QED) is 0.507. The third-order valence-electron chi connectivity index (χ3n) is 6.26. The Labute approximate surface area is 195 Å². The number of carbonyl (C=O) groups is 2. The minimum absolute atomic E-state index is 0.0282. The number of carbonyl (C=O) groups excluding carboxylic acids is 2. The van der Waals surface area contributed by atoms with Gasteiger partial charge in [-0.05, 0) is 56.0 Å². The number of amidine groups is 1. The van der Waals surface area contributed by atoms with Crippen LogP contribution in [0.3, 0.4) is 0 Å². The average Bonchev–Trinajstić information content (AvgIpc) is 2.73. The van der Waals surface area contributed by atoms with Gasteiger partial charge in [0.05, 0.1) is 5.25 Å². The Balaban J connectivity index is 0.000000751. The van der Waals surface area contributed by atoms with Crippen LogP contribution in [0.25, 0.3) is 0 Å². The summed E-state index contributed by atoms with van der Waals surface area (Å²) in [5, 5.41) is -1.63. The SMILES string of the molecule is Cc1cccnc1C(=O)Cc1ccc(F)c([C@@]2(C)N=C(N)[C@@H]3CCC[C@H]2S3(=O)=O)c1.O=C(F)F. The van der Waals surface area contributed by atoms with Crippen LogP contribution < -0.4 is 5.73 Å². The van der Waals surface area contributed by atoms with E-state index in [-0.39, 0.29) is 23.6 Å². The van der Waals surface area contributed by atoms with E-state index < -0.39 is 38.0 Å². The number of aliphatic imine (C=N–C) groups is 1. The smallest absolute Gasteiger partial charge is 0.386 e. The van der Waals surface area contributed by atoms with Gasteiger partial charge in [-0.1, -0.05) is 18.6 Å². The van der Waals surface area contributed by atoms with E-state index in [1.807, 2.05) is 0 Å². The third-order valence-corrected chi connectivity index (χ3v) is 9.02. The number of sulfone groups is 1. The van der Waals surface area contributed by atoms with Crippen LogP contribution in [0.1, 0.15) is 53.4 Å². The molecule has 2 aromatic rings. The Kier molecular flexibility index (Phi) is 7.25. The van der Waals surface area contributed by atoms with Crippen LogP contribution in [0.4, 0.5) is 18.0 Å². The molecule has 2 N–H and O–H groups in total. The lowest BCUT2D eigenvalue weighted by Crippen LogP contribution is -2.57. The van der Waals surface area contributed by atoms with Crippen molar-refractivity contribution in [2.75, 3.05) is 0 Å². The molecular weight excluding hydrogens is 471 g/mol. The van der Waals surface area contributed by atoms with Gasteiger partial charge >= 0.3 is 6.29 Å². The van der Waals surface area contributed by atoms with Gasteiger partial charge in [-0.15, -0.1) is 8.78 Å². The van der Waals surface area contributed by atoms with Gasteiger partial charge < -0.3 is 5.73 Å². The number of hydrogen-bond donors (Lipinski definition) is 1. The van der Waals surface area contributed by atoms with E-state index in [0.717, 1.165) is 5.56 Å². The van der Waals surface area contributed by atoms with Gasteiger partial charge in [0.1, 0.15) is 28.1 Å². The molecule has 182 valence electrons. The molecule has 0 aliphatic carbocycles. The Bertz CT molecular complexity index is 1260. The maximum atomic E-state index is 14.9. The predicted octanol–water partition coefficient (Wildman–Crippen LogP) is 3.92. The number of Topliss-reactive ketones (excluding diaryl/α,β-unsaturated/α-hetero) is 1. The fourth-order valence-electron chi connectivity index (χ4n) is 4.70. The Hall–Kier alpha value is -3.08. The van der Waals surface area contributed by atoms with Crippen LogP contribution in [0, 0.1) is 12.7 Å². The first-order valence-electron chi connectivity index (χ1n) is 10.5. The maximum absolute atomic E-state index is 14.9. The van der Waals surface area contributed by atoms with Gasteiger partial charge in [0.2, 0.25) is 0 Å². The van der Waals surface area contributed by atoms with Crippen molar-refractivity contribution in [2.45, 2.75) is 55.6 Å². The monoisotopic (exact) mass is 495 g/mol. The Morgan fingerprint density at radius 2 is 1.88 bits per heavy atom. The molecule has 34 heavy (non-hydrogen) atoms. The molecule has 0 spiro atoms. The van der Waals surface area contributed by atoms with Gasteiger partial charge in [-0.25, -0.2) is 17.6 Å². The van der Waals surface area contributed by atoms with Crippen molar-refractivity contribution >= 4 is 27.7 Å². The second kappa shape index (κ2) is 9.65. The number of nitrogens with zero attached hydrogens (tertiary/aromatic N) is 2. The molecule has 4 rings (SSSR count). The van der Waals surface area contributed by atoms with Crippen LogP contribution in [-0.2, 0) is 21.8 Å². The van der Waals surface area contributed by atoms with E-state index in [2.05, 4.69) is 9.98 Å². The molecule has 3 heterocycles. The van der Waals surface area contributed by atoms with Gasteiger partial charge in [0.25, 0.3) is 0 Å². The van der Waals surface area contributed by atoms with Crippen molar-refractivity contribution < 1.29 is 31.2 Å². The van der Waals surface area contributed by atoms with Gasteiger partial charge in [-0.3, -0.25) is 14.8 Å². The molecule has 11 heteroatoms. The van der Waals surface area contributed by atoms with Crippen LogP contribution in [0.2, 0.25) is 0 Å². The van der Waals surface area contributed by atoms with Crippen LogP contribution in [-0.4, -0.2) is 41.8 Å². The summed E-state index contributed by atoms with van der Waals surface area (Å²) in [6.45, 7) is 3.43. The minimum Gasteiger partial charge on any atom is -0.386 e. The second-order valence-corrected chi connectivity index (χ2v) is 10.8. The molecule has 2 bridgehead atoms. The number of hydrogen-bond acceptors (Lipinski definition) is 7. The third kappa shape index (κ3) is 4.89. The standard InChI is InChI=1S/C22H24FN3O3S.CF2O/c1-13-5-4-10-25-20(13)17(27)12-14-8-9-16(23)15(11-14)22(2)19-7-3-6-18(21(24)26-22)30(19,28)29;2-1(3)4/h4-5,8-11,18-19H,3,6-7,12H2,1-2H3,(H2,24,26);/t18-,19+,22+;/m0./s1. The Morgan fingerprint density at radius 1 is 1.21 bits per heavy atom. The molecule has 3 atom stereocenters. The molecule has 0 saturated carbocycles. The molecular formula is C23H24F3N3O4S. The van der Waals surface area contributed by atoms with E-state index in [1.165, 1.54) is 12.1 Å². The lowest BCUT2D eigenvalue weighted by atomic mass is 9.83. The van der Waals surface area contributed by atoms with E-state index in [4.69, 9.17) is 10.5 Å². The maximum Gasteiger partial charge on any atom is 0.483 e. The van der Waals surface area contributed by atoms with Crippen molar-refractivity contribution in [3.8, 4) is 0 Å². The zero-order chi connectivity index (χ0) is 25.3. The predicted molar refractivity (Wildman–Crippen MR) is 120 cm³/mol. The van der Waals surface area contributed by atoms with E-state index >= 15 is 0 Å². The molecule has 1 aromatic carbocycles. The van der Waals surface area contributed by atoms with Crippen molar-refractivity contribution in [2.24, 2.45) is 10.7 Å². The summed E-state index contributed by atoms with van der Waals surface area (Å²) in [5.41, 5.74) is 6.56. The summed E-state index contributed by atoms with van der Waals surface area (Å²) in [6.07, 6.45) is 0.299. The average molecular weight is 496 g/mol. The number of halogens is 3. The highest BCUT2D eigenvalue weighted by atomic mass is 32.2. The topological polar surface area (TPSA) is 120 Å². The highest BCUT2D eigenvalue weighted by Gasteiger charge is 2.54. The first kappa shape index (κ1) is 25.5. The molecule has 1 fully saturated rings. The van der Waals surface area contributed by atoms with Crippen LogP contribution in [0.5, 0.6) is 0 Å². The molecule has 2 aliphatic heterocycles. The first-order chi connectivity index (χ1) is 15.9. The highest BCUT2D eigenvalue weighted by molar-refractivity contribution is 7.93. The van der Waals surface area contributed by atoms with Crippen LogP contribution >= 0.6 is 0 Å². The Morgan fingerprint density at radius 3 is 2.53 bits per heavy atom. The molecule has 2 aliphatic rings. The largest absolute Gasteiger partial charge is 0.483 e. The number of ketones is 1. The summed E-state index contributed by atoms with van der Waals surface area (Å²) < 4.78 is 60.4. The van der Waals surface area contributed by atoms with Crippen molar-refractivity contribution in [1.29, 1.82) is 0 Å². The van der Waals surface area contributed by atoms with Crippen molar-refractivity contribution in [3.63, 3.8) is 0 Å². The number of aryl methyl sites for hydroxylation is 1. The lowest BCUT2D eigenvalue weighted by molar-refractivity contribution is 0.0987. The fraction of sp³-hybridized carbons (Fsp3) is 0.391. The molecule has 0 unspecified atom stereocenters. The number of pyridine rings is 1. The molecule has 7 nitrogen and oxygen atoms in total. The summed E-state index contributed by atoms with van der Waals surface area (Å²) in [6, 6.07) is 7.91. The fourth-order valence-corrected chi connectivity index (χ4v) is 7.29. The van der Waals surface area contributed by atoms with Gasteiger partial charge in [-0.2, -0.15) is 0 Å². The number of benzene rings is 1. The summed E-state index contributed by atoms with van der Waals surface area (Å²) in [4.78, 5) is 29.5. The molecule has 1 aromatic heterocycles. The van der Waals surface area contributed by atoms with E-state index in [9.17, 15) is 26.4 Å². The lowest BCUT2D eigenvalue weighted by Gasteiger charge is -2.44. The number of fused-ring (bicyclic) bond motifs is 2. The van der Waals surface area contributed by atoms with Crippen LogP contribution in [0.15, 0.2) is 41.5 Å². The first-order valence-corrected chi connectivity index (χ1v) is 12.2. The summed E-state index contributed by atoms with van der Waals surface area (Å²) in [5.74, 6) is -0.704. The molecule has 1 saturated heterocycles. The molecule has 0 amide bonds. The highest BCUT2D eigenvalue weighted by Crippen LogP contribution is 2.45. The van der Waals surface area contributed by atoms with E-state index in [0.29, 0.717) is 30.5 Å². The summed E-state index contributed by atoms with van der Waals surface area (Å²) in [7, 11) is -3.57. The number of aromatic nitrogens is 1.